The molecule has 1 aliphatic heterocycles. The monoisotopic (exact) mass is 257 g/mol. The van der Waals surface area contributed by atoms with Crippen LogP contribution in [0.2, 0.25) is 0 Å². The van der Waals surface area contributed by atoms with E-state index < -0.39 is 0 Å². The predicted octanol–water partition coefficient (Wildman–Crippen LogP) is 4.34. The molecule has 0 radical (unpaired) electrons. The average Bonchev–Trinajstić information content (AvgIpc) is 2.81. The van der Waals surface area contributed by atoms with Gasteiger partial charge in [0.25, 0.3) is 0 Å². The summed E-state index contributed by atoms with van der Waals surface area (Å²) in [5.74, 6) is 1.25. The molecule has 19 heavy (non-hydrogen) atoms. The lowest BCUT2D eigenvalue weighted by atomic mass is 9.95. The molecular weight excluding hydrogens is 234 g/mol. The molecular formula is C17H23NO. The summed E-state index contributed by atoms with van der Waals surface area (Å²) in [5.41, 5.74) is 3.80. The Hall–Kier alpha value is -1.57. The smallest absolute Gasteiger partial charge is 0.217 e. The second-order valence-corrected chi connectivity index (χ2v) is 5.27. The first-order chi connectivity index (χ1) is 9.13. The van der Waals surface area contributed by atoms with Crippen LogP contribution in [-0.2, 0) is 11.3 Å². The van der Waals surface area contributed by atoms with Gasteiger partial charge in [0, 0.05) is 11.1 Å². The van der Waals surface area contributed by atoms with Crippen molar-refractivity contribution < 1.29 is 4.74 Å². The number of rotatable bonds is 4. The van der Waals surface area contributed by atoms with Crippen LogP contribution in [0.4, 0.5) is 0 Å². The van der Waals surface area contributed by atoms with Crippen molar-refractivity contribution in [3.8, 4) is 0 Å². The first-order valence-electron chi connectivity index (χ1n) is 7.09. The number of ether oxygens (including phenoxy) is 1. The van der Waals surface area contributed by atoms with Crippen molar-refractivity contribution in [1.29, 1.82) is 0 Å². The van der Waals surface area contributed by atoms with Gasteiger partial charge in [0.05, 0.1) is 6.04 Å². The Morgan fingerprint density at radius 1 is 1.37 bits per heavy atom. The maximum absolute atomic E-state index is 5.71. The second kappa shape index (κ2) is 6.05. The molecule has 1 aliphatic rings. The number of allylic oxidation sites excluding steroid dienone is 1. The lowest BCUT2D eigenvalue weighted by molar-refractivity contribution is 0.308. The van der Waals surface area contributed by atoms with Crippen molar-refractivity contribution >= 4 is 5.90 Å². The lowest BCUT2D eigenvalue weighted by Gasteiger charge is -2.17. The van der Waals surface area contributed by atoms with Crippen molar-refractivity contribution in [3.05, 3.63) is 47.0 Å². The van der Waals surface area contributed by atoms with Crippen LogP contribution < -0.4 is 0 Å². The molecule has 2 atom stereocenters. The summed E-state index contributed by atoms with van der Waals surface area (Å²) < 4.78 is 5.71. The van der Waals surface area contributed by atoms with Crippen LogP contribution in [0.5, 0.6) is 0 Å². The molecule has 102 valence electrons. The third-order valence-electron chi connectivity index (χ3n) is 3.90. The Kier molecular flexibility index (Phi) is 4.41. The zero-order chi connectivity index (χ0) is 13.8. The van der Waals surface area contributed by atoms with Crippen LogP contribution >= 0.6 is 0 Å². The fourth-order valence-corrected chi connectivity index (χ4v) is 2.37. The van der Waals surface area contributed by atoms with Crippen molar-refractivity contribution in [2.45, 2.75) is 46.8 Å². The zero-order valence-electron chi connectivity index (χ0n) is 12.3. The average molecular weight is 257 g/mol. The number of benzene rings is 1. The number of aliphatic imine (C=N–C) groups is 1. The molecule has 0 aromatic heterocycles. The van der Waals surface area contributed by atoms with Crippen molar-refractivity contribution in [2.24, 2.45) is 10.9 Å². The summed E-state index contributed by atoms with van der Waals surface area (Å²) in [6, 6.07) is 8.52. The molecule has 0 amide bonds. The molecule has 0 aliphatic carbocycles. The van der Waals surface area contributed by atoms with Gasteiger partial charge >= 0.3 is 0 Å². The first kappa shape index (κ1) is 13.9. The summed E-state index contributed by atoms with van der Waals surface area (Å²) in [4.78, 5) is 4.77. The van der Waals surface area contributed by atoms with Gasteiger partial charge in [-0.05, 0) is 32.3 Å². The minimum Gasteiger partial charge on any atom is -0.473 e. The van der Waals surface area contributed by atoms with Gasteiger partial charge in [0.2, 0.25) is 5.90 Å². The quantitative estimate of drug-likeness (QED) is 0.735. The summed E-state index contributed by atoms with van der Waals surface area (Å²) >= 11 is 0. The first-order valence-corrected chi connectivity index (χ1v) is 7.09. The Labute approximate surface area is 116 Å². The molecule has 2 heteroatoms. The molecule has 1 aromatic rings. The van der Waals surface area contributed by atoms with Crippen LogP contribution in [-0.4, -0.2) is 11.9 Å². The topological polar surface area (TPSA) is 21.6 Å². The van der Waals surface area contributed by atoms with E-state index in [0.29, 0.717) is 12.5 Å². The third-order valence-corrected chi connectivity index (χ3v) is 3.90. The van der Waals surface area contributed by atoms with Crippen LogP contribution in [0.25, 0.3) is 0 Å². The van der Waals surface area contributed by atoms with Crippen molar-refractivity contribution in [2.75, 3.05) is 0 Å². The molecule has 1 heterocycles. The summed E-state index contributed by atoms with van der Waals surface area (Å²) in [6.07, 6.45) is 3.36. The minimum atomic E-state index is 0.240. The van der Waals surface area contributed by atoms with Gasteiger partial charge in [-0.25, -0.2) is 4.99 Å². The minimum absolute atomic E-state index is 0.240. The molecule has 2 nitrogen and oxygen atoms in total. The molecule has 0 saturated carbocycles. The second-order valence-electron chi connectivity index (χ2n) is 5.27. The lowest BCUT2D eigenvalue weighted by Crippen LogP contribution is -2.16. The highest BCUT2D eigenvalue weighted by Crippen LogP contribution is 2.23. The number of hydrogen-bond donors (Lipinski definition) is 0. The molecule has 0 bridgehead atoms. The molecule has 0 fully saturated rings. The van der Waals surface area contributed by atoms with E-state index >= 15 is 0 Å². The third kappa shape index (κ3) is 3.06. The van der Waals surface area contributed by atoms with E-state index in [1.807, 2.05) is 12.1 Å². The van der Waals surface area contributed by atoms with Gasteiger partial charge in [-0.3, -0.25) is 0 Å². The van der Waals surface area contributed by atoms with E-state index in [-0.39, 0.29) is 6.04 Å². The summed E-state index contributed by atoms with van der Waals surface area (Å²) in [5, 5.41) is 0. The maximum Gasteiger partial charge on any atom is 0.217 e. The van der Waals surface area contributed by atoms with Gasteiger partial charge in [-0.15, -0.1) is 0 Å². The summed E-state index contributed by atoms with van der Waals surface area (Å²) in [7, 11) is 0. The maximum atomic E-state index is 5.71. The Bertz CT molecular complexity index is 502. The fourth-order valence-electron chi connectivity index (χ4n) is 2.37. The van der Waals surface area contributed by atoms with Crippen LogP contribution in [0.15, 0.2) is 40.9 Å². The molecule has 0 N–H and O–H groups in total. The number of fused-ring (bicyclic) bond motifs is 1. The molecule has 2 rings (SSSR count). The van der Waals surface area contributed by atoms with E-state index in [4.69, 9.17) is 9.73 Å². The molecule has 1 unspecified atom stereocenters. The highest BCUT2D eigenvalue weighted by molar-refractivity contribution is 5.97. The normalized spacial score (nSPS) is 20.0. The molecule has 1 aromatic carbocycles. The SMILES string of the molecule is CC/C=C(/C)C(C)[C@@H](C)N=C1OCc2ccccc21. The molecule has 0 spiro atoms. The van der Waals surface area contributed by atoms with Gasteiger partial charge in [0.15, 0.2) is 0 Å². The molecule has 0 saturated heterocycles. The summed E-state index contributed by atoms with van der Waals surface area (Å²) in [6.45, 7) is 9.41. The Morgan fingerprint density at radius 3 is 2.84 bits per heavy atom. The van der Waals surface area contributed by atoms with E-state index in [1.165, 1.54) is 11.1 Å². The van der Waals surface area contributed by atoms with E-state index in [9.17, 15) is 0 Å². The van der Waals surface area contributed by atoms with E-state index in [2.05, 4.69) is 45.9 Å². The fraction of sp³-hybridized carbons (Fsp3) is 0.471. The highest BCUT2D eigenvalue weighted by Gasteiger charge is 2.21. The van der Waals surface area contributed by atoms with Crippen LogP contribution in [0, 0.1) is 5.92 Å². The van der Waals surface area contributed by atoms with Gasteiger partial charge < -0.3 is 4.74 Å². The zero-order valence-corrected chi connectivity index (χ0v) is 12.3. The number of hydrogen-bond acceptors (Lipinski definition) is 2. The predicted molar refractivity (Wildman–Crippen MR) is 80.4 cm³/mol. The van der Waals surface area contributed by atoms with Gasteiger partial charge in [0.1, 0.15) is 6.61 Å². The van der Waals surface area contributed by atoms with Crippen molar-refractivity contribution in [1.82, 2.24) is 0 Å². The Morgan fingerprint density at radius 2 is 2.11 bits per heavy atom. The highest BCUT2D eigenvalue weighted by atomic mass is 16.5. The van der Waals surface area contributed by atoms with E-state index in [0.717, 1.165) is 17.9 Å². The van der Waals surface area contributed by atoms with E-state index in [1.54, 1.807) is 0 Å². The standard InChI is InChI=1S/C17H23NO/c1-5-8-12(2)13(3)14(4)18-17-16-10-7-6-9-15(16)11-19-17/h6-10,13-14H,5,11H2,1-4H3/b12-8-,18-17?/t13?,14-/m1/s1. The van der Waals surface area contributed by atoms with Gasteiger partial charge in [-0.1, -0.05) is 43.7 Å². The largest absolute Gasteiger partial charge is 0.473 e. The number of nitrogens with zero attached hydrogens (tertiary/aromatic N) is 1. The van der Waals surface area contributed by atoms with Crippen LogP contribution in [0.1, 0.15) is 45.2 Å². The Balaban J connectivity index is 2.17. The van der Waals surface area contributed by atoms with Crippen LogP contribution in [0.3, 0.4) is 0 Å². The van der Waals surface area contributed by atoms with Crippen molar-refractivity contribution in [3.63, 3.8) is 0 Å². The van der Waals surface area contributed by atoms with Gasteiger partial charge in [-0.2, -0.15) is 0 Å².